The normalized spacial score (nSPS) is 14.8. The number of rotatable bonds is 8. The van der Waals surface area contributed by atoms with Crippen LogP contribution in [-0.2, 0) is 16.6 Å². The van der Waals surface area contributed by atoms with Crippen molar-refractivity contribution in [3.8, 4) is 0 Å². The lowest BCUT2D eigenvalue weighted by Crippen LogP contribution is -2.44. The minimum atomic E-state index is -3.42. The molecule has 166 valence electrons. The molecule has 0 radical (unpaired) electrons. The number of anilines is 2. The first-order chi connectivity index (χ1) is 14.8. The minimum absolute atomic E-state index is 0.175. The first-order valence-corrected chi connectivity index (χ1v) is 12.1. The van der Waals surface area contributed by atoms with Gasteiger partial charge in [0, 0.05) is 44.0 Å². The second-order valence-electron chi connectivity index (χ2n) is 7.77. The van der Waals surface area contributed by atoms with E-state index in [-0.39, 0.29) is 12.5 Å². The monoisotopic (exact) mass is 442 g/mol. The summed E-state index contributed by atoms with van der Waals surface area (Å²) in [4.78, 5) is 17.2. The van der Waals surface area contributed by atoms with Crippen LogP contribution in [-0.4, -0.2) is 65.3 Å². The molecule has 0 spiro atoms. The zero-order valence-electron chi connectivity index (χ0n) is 18.1. The van der Waals surface area contributed by atoms with Crippen molar-refractivity contribution in [3.63, 3.8) is 0 Å². The van der Waals surface area contributed by atoms with Crippen molar-refractivity contribution in [1.29, 1.82) is 0 Å². The number of hydrogen-bond donors (Lipinski definition) is 1. The number of sulfonamides is 1. The van der Waals surface area contributed by atoms with Crippen LogP contribution >= 0.6 is 0 Å². The number of hydrogen-bond acceptors (Lipinski definition) is 5. The molecule has 0 aromatic heterocycles. The lowest BCUT2D eigenvalue weighted by Gasteiger charge is -2.34. The lowest BCUT2D eigenvalue weighted by atomic mass is 10.1. The van der Waals surface area contributed by atoms with Crippen LogP contribution in [0.3, 0.4) is 0 Å². The van der Waals surface area contributed by atoms with Crippen LogP contribution in [0.5, 0.6) is 0 Å². The van der Waals surface area contributed by atoms with Gasteiger partial charge in [0.05, 0.1) is 18.5 Å². The molecule has 1 heterocycles. The van der Waals surface area contributed by atoms with Crippen LogP contribution in [0.2, 0.25) is 0 Å². The lowest BCUT2D eigenvalue weighted by molar-refractivity contribution is 0.0951. The molecule has 2 aromatic rings. The van der Waals surface area contributed by atoms with Crippen molar-refractivity contribution in [2.24, 2.45) is 0 Å². The second-order valence-corrected chi connectivity index (χ2v) is 9.68. The van der Waals surface area contributed by atoms with Gasteiger partial charge in [-0.2, -0.15) is 0 Å². The summed E-state index contributed by atoms with van der Waals surface area (Å²) in [6.45, 7) is 8.36. The molecule has 1 saturated heterocycles. The predicted octanol–water partition coefficient (Wildman–Crippen LogP) is 2.32. The van der Waals surface area contributed by atoms with E-state index in [4.69, 9.17) is 0 Å². The Hall–Kier alpha value is -2.84. The number of benzene rings is 2. The van der Waals surface area contributed by atoms with E-state index in [0.717, 1.165) is 38.0 Å². The maximum Gasteiger partial charge on any atom is 0.251 e. The molecule has 1 aliphatic heterocycles. The number of carbonyl (C=O) groups excluding carboxylic acids is 1. The average molecular weight is 443 g/mol. The molecule has 1 N–H and O–H groups in total. The van der Waals surface area contributed by atoms with Crippen LogP contribution in [0.25, 0.3) is 0 Å². The summed E-state index contributed by atoms with van der Waals surface area (Å²) in [5.74, 6) is -0.204. The first-order valence-electron chi connectivity index (χ1n) is 10.3. The van der Waals surface area contributed by atoms with Gasteiger partial charge in [0.1, 0.15) is 0 Å². The molecular formula is C23H30N4O3S. The molecule has 2 aromatic carbocycles. The molecular weight excluding hydrogens is 412 g/mol. The molecule has 0 saturated carbocycles. The summed E-state index contributed by atoms with van der Waals surface area (Å²) >= 11 is 0. The van der Waals surface area contributed by atoms with Gasteiger partial charge in [-0.25, -0.2) is 8.42 Å². The third-order valence-electron chi connectivity index (χ3n) is 5.37. The Morgan fingerprint density at radius 2 is 1.68 bits per heavy atom. The zero-order chi connectivity index (χ0) is 22.4. The summed E-state index contributed by atoms with van der Waals surface area (Å²) in [5, 5.41) is 2.92. The number of piperazine rings is 1. The number of nitrogens with one attached hydrogen (secondary N) is 1. The number of carbonyl (C=O) groups is 1. The molecule has 31 heavy (non-hydrogen) atoms. The molecule has 0 unspecified atom stereocenters. The Bertz CT molecular complexity index is 996. The Kier molecular flexibility index (Phi) is 7.35. The Morgan fingerprint density at radius 1 is 1.06 bits per heavy atom. The molecule has 0 aliphatic carbocycles. The number of likely N-dealkylation sites (N-methyl/N-ethyl adjacent to an activating group) is 1. The van der Waals surface area contributed by atoms with Crippen LogP contribution in [0.1, 0.15) is 15.9 Å². The third-order valence-corrected chi connectivity index (χ3v) is 6.53. The molecule has 8 heteroatoms. The van der Waals surface area contributed by atoms with Gasteiger partial charge in [-0.05, 0) is 49.0 Å². The predicted molar refractivity (Wildman–Crippen MR) is 126 cm³/mol. The maximum atomic E-state index is 12.5. The van der Waals surface area contributed by atoms with Crippen LogP contribution < -0.4 is 14.5 Å². The fourth-order valence-corrected chi connectivity index (χ4v) is 4.38. The molecule has 0 atom stereocenters. The van der Waals surface area contributed by atoms with Crippen molar-refractivity contribution in [3.05, 3.63) is 72.3 Å². The topological polar surface area (TPSA) is 73.0 Å². The molecule has 1 fully saturated rings. The maximum absolute atomic E-state index is 12.5. The standard InChI is InChI=1S/C23H30N4O3S/c1-4-13-27(31(3,29)30)22-11-7-20(8-12-22)23(28)24-18-19-5-9-21(10-6-19)26-16-14-25(2)15-17-26/h4-12H,1,13-18H2,2-3H3,(H,24,28). The van der Waals surface area contributed by atoms with Gasteiger partial charge in [0.25, 0.3) is 5.91 Å². The van der Waals surface area contributed by atoms with E-state index < -0.39 is 10.0 Å². The van der Waals surface area contributed by atoms with Gasteiger partial charge in [-0.3, -0.25) is 9.10 Å². The average Bonchev–Trinajstić information content (AvgIpc) is 2.76. The molecule has 7 nitrogen and oxygen atoms in total. The van der Waals surface area contributed by atoms with E-state index in [2.05, 4.69) is 40.9 Å². The van der Waals surface area contributed by atoms with Gasteiger partial charge >= 0.3 is 0 Å². The van der Waals surface area contributed by atoms with Crippen molar-refractivity contribution in [1.82, 2.24) is 10.2 Å². The van der Waals surface area contributed by atoms with Gasteiger partial charge in [-0.15, -0.1) is 6.58 Å². The van der Waals surface area contributed by atoms with Crippen molar-refractivity contribution >= 4 is 27.3 Å². The highest BCUT2D eigenvalue weighted by atomic mass is 32.2. The third kappa shape index (κ3) is 6.08. The highest BCUT2D eigenvalue weighted by Gasteiger charge is 2.17. The molecule has 3 rings (SSSR count). The second kappa shape index (κ2) is 9.98. The zero-order valence-corrected chi connectivity index (χ0v) is 18.9. The van der Waals surface area contributed by atoms with E-state index in [0.29, 0.717) is 17.8 Å². The molecule has 1 amide bonds. The van der Waals surface area contributed by atoms with E-state index in [9.17, 15) is 13.2 Å². The number of nitrogens with zero attached hydrogens (tertiary/aromatic N) is 3. The van der Waals surface area contributed by atoms with E-state index >= 15 is 0 Å². The smallest absolute Gasteiger partial charge is 0.251 e. The van der Waals surface area contributed by atoms with Gasteiger partial charge in [0.15, 0.2) is 0 Å². The SMILES string of the molecule is C=CCN(c1ccc(C(=O)NCc2ccc(N3CCN(C)CC3)cc2)cc1)S(C)(=O)=O. The van der Waals surface area contributed by atoms with Crippen molar-refractivity contribution in [2.75, 3.05) is 55.2 Å². The highest BCUT2D eigenvalue weighted by molar-refractivity contribution is 7.92. The fraction of sp³-hybridized carbons (Fsp3) is 0.348. The first kappa shape index (κ1) is 22.8. The van der Waals surface area contributed by atoms with E-state index in [1.165, 1.54) is 16.1 Å². The summed E-state index contributed by atoms with van der Waals surface area (Å²) in [7, 11) is -1.28. The van der Waals surface area contributed by atoms with Crippen LogP contribution in [0, 0.1) is 0 Å². The van der Waals surface area contributed by atoms with Gasteiger partial charge in [-0.1, -0.05) is 18.2 Å². The molecule has 0 bridgehead atoms. The van der Waals surface area contributed by atoms with Crippen LogP contribution in [0.4, 0.5) is 11.4 Å². The van der Waals surface area contributed by atoms with Gasteiger partial charge in [0.2, 0.25) is 10.0 Å². The highest BCUT2D eigenvalue weighted by Crippen LogP contribution is 2.19. The quantitative estimate of drug-likeness (QED) is 0.636. The summed E-state index contributed by atoms with van der Waals surface area (Å²) < 4.78 is 25.1. The minimum Gasteiger partial charge on any atom is -0.369 e. The van der Waals surface area contributed by atoms with Crippen molar-refractivity contribution < 1.29 is 13.2 Å². The number of amides is 1. The molecule has 1 aliphatic rings. The Morgan fingerprint density at radius 3 is 2.23 bits per heavy atom. The van der Waals surface area contributed by atoms with E-state index in [1.54, 1.807) is 24.3 Å². The Labute approximate surface area is 185 Å². The fourth-order valence-electron chi connectivity index (χ4n) is 3.50. The Balaban J connectivity index is 1.57. The van der Waals surface area contributed by atoms with Crippen molar-refractivity contribution in [2.45, 2.75) is 6.54 Å². The van der Waals surface area contributed by atoms with Gasteiger partial charge < -0.3 is 15.1 Å². The largest absolute Gasteiger partial charge is 0.369 e. The summed E-state index contributed by atoms with van der Waals surface area (Å²) in [6, 6.07) is 14.8. The van der Waals surface area contributed by atoms with Crippen LogP contribution in [0.15, 0.2) is 61.2 Å². The summed E-state index contributed by atoms with van der Waals surface area (Å²) in [5.41, 5.74) is 3.20. The van der Waals surface area contributed by atoms with E-state index in [1.807, 2.05) is 12.1 Å². The summed E-state index contributed by atoms with van der Waals surface area (Å²) in [6.07, 6.45) is 2.67.